The molecule has 4 fully saturated rings. The van der Waals surface area contributed by atoms with E-state index >= 15 is 0 Å². The quantitative estimate of drug-likeness (QED) is 0.301. The summed E-state index contributed by atoms with van der Waals surface area (Å²) in [6.07, 6.45) is 1.85. The average molecular weight is 657 g/mol. The van der Waals surface area contributed by atoms with Gasteiger partial charge in [0.2, 0.25) is 5.88 Å². The summed E-state index contributed by atoms with van der Waals surface area (Å²) in [5, 5.41) is 4.67. The molecule has 3 saturated heterocycles. The number of benzene rings is 1. The van der Waals surface area contributed by atoms with Crippen LogP contribution in [0.1, 0.15) is 56.2 Å². The molecule has 2 aromatic heterocycles. The molecule has 1 N–H and O–H groups in total. The highest BCUT2D eigenvalue weighted by Crippen LogP contribution is 2.39. The molecular weight excluding hydrogens is 616 g/mol. The van der Waals surface area contributed by atoms with E-state index in [4.69, 9.17) is 14.6 Å². The van der Waals surface area contributed by atoms with E-state index in [0.717, 1.165) is 63.0 Å². The number of piperazine rings is 1. The molecule has 0 unspecified atom stereocenters. The molecule has 2 atom stereocenters. The van der Waals surface area contributed by atoms with Crippen molar-refractivity contribution in [1.82, 2.24) is 24.8 Å². The number of nitrogens with zero attached hydrogens (tertiary/aromatic N) is 7. The highest BCUT2D eigenvalue weighted by Gasteiger charge is 2.38. The molecule has 1 aliphatic carbocycles. The minimum absolute atomic E-state index is 0.267. The van der Waals surface area contributed by atoms with Gasteiger partial charge in [-0.1, -0.05) is 6.07 Å². The molecule has 1 saturated carbocycles. The molecule has 1 aromatic carbocycles. The van der Waals surface area contributed by atoms with Crippen LogP contribution < -0.4 is 20.0 Å². The summed E-state index contributed by atoms with van der Waals surface area (Å²) in [5.74, 6) is 0.718. The average Bonchev–Trinajstić information content (AvgIpc) is 3.79. The summed E-state index contributed by atoms with van der Waals surface area (Å²) >= 11 is 0. The Morgan fingerprint density at radius 3 is 2.45 bits per heavy atom. The van der Waals surface area contributed by atoms with Crippen LogP contribution >= 0.6 is 0 Å². The van der Waals surface area contributed by atoms with Crippen LogP contribution in [-0.4, -0.2) is 89.3 Å². The third-order valence-electron chi connectivity index (χ3n) is 9.80. The molecule has 10 nitrogen and oxygen atoms in total. The third-order valence-corrected chi connectivity index (χ3v) is 9.80. The minimum atomic E-state index is -4.81. The Morgan fingerprint density at radius 2 is 1.72 bits per heavy atom. The van der Waals surface area contributed by atoms with E-state index in [1.807, 2.05) is 12.1 Å². The van der Waals surface area contributed by atoms with Crippen LogP contribution in [0.5, 0.6) is 5.88 Å². The van der Waals surface area contributed by atoms with Crippen molar-refractivity contribution in [3.63, 3.8) is 0 Å². The normalized spacial score (nSPS) is 23.4. The number of hydroxylamine groups is 1. The number of methoxy groups -OCH3 is 1. The summed E-state index contributed by atoms with van der Waals surface area (Å²) in [6, 6.07) is 9.97. The fourth-order valence-corrected chi connectivity index (χ4v) is 7.24. The Balaban J connectivity index is 1.00. The zero-order valence-electron chi connectivity index (χ0n) is 26.6. The van der Waals surface area contributed by atoms with E-state index in [1.165, 1.54) is 36.8 Å². The lowest BCUT2D eigenvalue weighted by atomic mass is 10.0. The van der Waals surface area contributed by atoms with Gasteiger partial charge in [-0.05, 0) is 62.4 Å². The molecule has 252 valence electrons. The number of hydrogen-bond donors (Lipinski definition) is 1. The zero-order chi connectivity index (χ0) is 32.7. The molecule has 14 heteroatoms. The van der Waals surface area contributed by atoms with Crippen molar-refractivity contribution in [2.24, 2.45) is 0 Å². The first-order valence-electron chi connectivity index (χ1n) is 16.4. The Hall–Kier alpha value is -3.75. The van der Waals surface area contributed by atoms with Gasteiger partial charge in [0.05, 0.1) is 25.3 Å². The van der Waals surface area contributed by atoms with Crippen LogP contribution in [0.25, 0.3) is 0 Å². The van der Waals surface area contributed by atoms with Crippen molar-refractivity contribution in [3.05, 3.63) is 59.7 Å². The predicted molar refractivity (Wildman–Crippen MR) is 169 cm³/mol. The van der Waals surface area contributed by atoms with E-state index in [2.05, 4.69) is 36.9 Å². The summed E-state index contributed by atoms with van der Waals surface area (Å²) in [7, 11) is 1.57. The number of pyridine rings is 1. The number of nitrogens with one attached hydrogen (secondary N) is 1. The second-order valence-corrected chi connectivity index (χ2v) is 12.8. The van der Waals surface area contributed by atoms with Crippen molar-refractivity contribution in [1.29, 1.82) is 0 Å². The van der Waals surface area contributed by atoms with E-state index in [0.29, 0.717) is 41.7 Å². The Morgan fingerprint density at radius 1 is 0.915 bits per heavy atom. The molecule has 47 heavy (non-hydrogen) atoms. The van der Waals surface area contributed by atoms with Crippen molar-refractivity contribution >= 4 is 23.1 Å². The van der Waals surface area contributed by atoms with Crippen molar-refractivity contribution < 1.29 is 27.1 Å². The number of halogens is 4. The maximum absolute atomic E-state index is 13.9. The van der Waals surface area contributed by atoms with Gasteiger partial charge in [0.25, 0.3) is 0 Å². The molecular formula is C33H40F4N8O2. The topological polar surface area (TPSA) is 82.1 Å². The molecule has 4 aliphatic rings. The van der Waals surface area contributed by atoms with E-state index < -0.39 is 23.6 Å². The Labute approximate surface area is 271 Å². The fourth-order valence-electron chi connectivity index (χ4n) is 7.24. The maximum atomic E-state index is 13.9. The molecule has 7 rings (SSSR count). The van der Waals surface area contributed by atoms with Crippen LogP contribution in [0.3, 0.4) is 0 Å². The van der Waals surface area contributed by atoms with E-state index in [-0.39, 0.29) is 12.2 Å². The summed E-state index contributed by atoms with van der Waals surface area (Å²) in [6.45, 7) is 7.96. The Bertz CT molecular complexity index is 1570. The van der Waals surface area contributed by atoms with E-state index in [1.54, 1.807) is 13.2 Å². The number of aromatic nitrogens is 3. The lowest BCUT2D eigenvalue weighted by molar-refractivity contribution is -0.140. The molecule has 3 aromatic rings. The highest BCUT2D eigenvalue weighted by molar-refractivity contribution is 5.66. The first kappa shape index (κ1) is 31.8. The van der Waals surface area contributed by atoms with Gasteiger partial charge >= 0.3 is 6.18 Å². The lowest BCUT2D eigenvalue weighted by Crippen LogP contribution is -2.57. The van der Waals surface area contributed by atoms with Gasteiger partial charge in [0, 0.05) is 63.3 Å². The van der Waals surface area contributed by atoms with Gasteiger partial charge in [0.15, 0.2) is 5.82 Å². The first-order valence-corrected chi connectivity index (χ1v) is 16.4. The van der Waals surface area contributed by atoms with Gasteiger partial charge in [-0.25, -0.2) is 19.4 Å². The molecule has 0 radical (unpaired) electrons. The lowest BCUT2D eigenvalue weighted by Gasteiger charge is -2.46. The number of anilines is 4. The number of rotatable bonds is 8. The second-order valence-electron chi connectivity index (χ2n) is 12.8. The molecule has 0 bridgehead atoms. The largest absolute Gasteiger partial charge is 0.479 e. The third kappa shape index (κ3) is 6.81. The van der Waals surface area contributed by atoms with Crippen LogP contribution in [0.2, 0.25) is 0 Å². The fraction of sp³-hybridized carbons (Fsp3) is 0.545. The first-order chi connectivity index (χ1) is 22.7. The van der Waals surface area contributed by atoms with Crippen LogP contribution in [-0.2, 0) is 11.0 Å². The Kier molecular flexibility index (Phi) is 8.83. The van der Waals surface area contributed by atoms with Crippen LogP contribution in [0.15, 0.2) is 42.7 Å². The van der Waals surface area contributed by atoms with Gasteiger partial charge in [-0.3, -0.25) is 14.6 Å². The second kappa shape index (κ2) is 13.0. The van der Waals surface area contributed by atoms with Crippen molar-refractivity contribution in [3.8, 4) is 5.88 Å². The SMILES string of the molecule is COc1nc(N2CCC(N3CCN(C4CC4)[C@@H](C)C3)CC2)ccc1Nc1cc(N2OCC[C@@H]2c2ccc(F)c(C(F)(F)F)c2)ncn1. The standard InChI is InChI=1S/C33H40F4N8O2/c1-21-19-43(14-15-44(21)24-4-5-24)23-9-12-42(13-10-23)30-8-7-27(32(41-30)46-2)40-29-18-31(39-20-38-29)45-28(11-16-47-45)22-3-6-26(34)25(17-22)33(35,36)37/h3,6-8,17-18,20-21,23-24,28H,4-5,9-16,19H2,1-2H3,(H,38,39,40)/t21-,28+/m0/s1. The number of hydrogen-bond acceptors (Lipinski definition) is 10. The summed E-state index contributed by atoms with van der Waals surface area (Å²) in [4.78, 5) is 26.9. The number of alkyl halides is 3. The van der Waals surface area contributed by atoms with Gasteiger partial charge in [-0.15, -0.1) is 0 Å². The number of ether oxygens (including phenoxy) is 1. The minimum Gasteiger partial charge on any atom is -0.479 e. The van der Waals surface area contributed by atoms with Crippen LogP contribution in [0.4, 0.5) is 40.7 Å². The van der Waals surface area contributed by atoms with Gasteiger partial charge < -0.3 is 15.0 Å². The van der Waals surface area contributed by atoms with Crippen LogP contribution in [0, 0.1) is 5.82 Å². The molecule has 0 amide bonds. The highest BCUT2D eigenvalue weighted by atomic mass is 19.4. The van der Waals surface area contributed by atoms with E-state index in [9.17, 15) is 17.6 Å². The van der Waals surface area contributed by atoms with Gasteiger partial charge in [-0.2, -0.15) is 18.2 Å². The predicted octanol–water partition coefficient (Wildman–Crippen LogP) is 5.80. The summed E-state index contributed by atoms with van der Waals surface area (Å²) in [5.41, 5.74) is -0.428. The van der Waals surface area contributed by atoms with Gasteiger partial charge in [0.1, 0.15) is 29.5 Å². The molecule has 5 heterocycles. The van der Waals surface area contributed by atoms with Crippen molar-refractivity contribution in [2.45, 2.75) is 69.4 Å². The smallest absolute Gasteiger partial charge is 0.419 e. The summed E-state index contributed by atoms with van der Waals surface area (Å²) < 4.78 is 59.7. The number of piperidine rings is 1. The molecule has 0 spiro atoms. The molecule has 3 aliphatic heterocycles. The monoisotopic (exact) mass is 656 g/mol. The van der Waals surface area contributed by atoms with Crippen molar-refractivity contribution in [2.75, 3.05) is 61.7 Å². The maximum Gasteiger partial charge on any atom is 0.419 e. The zero-order valence-corrected chi connectivity index (χ0v) is 26.6.